The second kappa shape index (κ2) is 7.21. The molecule has 0 aliphatic heterocycles. The van der Waals surface area contributed by atoms with E-state index in [-0.39, 0.29) is 30.1 Å². The maximum Gasteiger partial charge on any atom is 0.307 e. The molecule has 0 amide bonds. The molecular formula is C11H12BrClN2O3. The number of esters is 1. The van der Waals surface area contributed by atoms with E-state index in [0.717, 1.165) is 0 Å². The Morgan fingerprint density at radius 1 is 1.67 bits per heavy atom. The Morgan fingerprint density at radius 2 is 2.28 bits per heavy atom. The Kier molecular flexibility index (Phi) is 6.70. The minimum atomic E-state index is -0.731. The summed E-state index contributed by atoms with van der Waals surface area (Å²) in [5, 5.41) is 18.6. The van der Waals surface area contributed by atoms with Gasteiger partial charge in [0, 0.05) is 16.1 Å². The fraction of sp³-hybridized carbons (Fsp3) is 0.273. The molecule has 98 valence electrons. The van der Waals surface area contributed by atoms with Gasteiger partial charge in [0.15, 0.2) is 0 Å². The summed E-state index contributed by atoms with van der Waals surface area (Å²) in [4.78, 5) is 11.1. The molecule has 0 aromatic heterocycles. The zero-order valence-electron chi connectivity index (χ0n) is 9.51. The predicted octanol–water partition coefficient (Wildman–Crippen LogP) is 2.01. The standard InChI is InChI=1S/C11H11BrN2O3.ClH/c1-17-9(15)4-8(14)10-7(12)3-2-6(5-13)11(10)16;/h2-3,8,16H,4,14H2,1H3;1H/t8-;/m0./s1. The van der Waals surface area contributed by atoms with Gasteiger partial charge in [0.1, 0.15) is 11.8 Å². The Morgan fingerprint density at radius 3 is 2.78 bits per heavy atom. The van der Waals surface area contributed by atoms with Crippen LogP contribution in [-0.2, 0) is 9.53 Å². The van der Waals surface area contributed by atoms with E-state index in [9.17, 15) is 9.90 Å². The molecule has 3 N–H and O–H groups in total. The van der Waals surface area contributed by atoms with Crippen molar-refractivity contribution in [3.63, 3.8) is 0 Å². The number of carbonyl (C=O) groups excluding carboxylic acids is 1. The third-order valence-electron chi connectivity index (χ3n) is 2.27. The number of hydrogen-bond acceptors (Lipinski definition) is 5. The van der Waals surface area contributed by atoms with E-state index in [2.05, 4.69) is 20.7 Å². The minimum absolute atomic E-state index is 0. The van der Waals surface area contributed by atoms with Gasteiger partial charge in [0.05, 0.1) is 19.1 Å². The molecule has 1 aromatic rings. The van der Waals surface area contributed by atoms with E-state index >= 15 is 0 Å². The molecule has 0 fully saturated rings. The first-order valence-electron chi connectivity index (χ1n) is 4.75. The first-order chi connectivity index (χ1) is 8.01. The number of phenols is 1. The molecule has 0 bridgehead atoms. The summed E-state index contributed by atoms with van der Waals surface area (Å²) >= 11 is 3.22. The molecule has 1 rings (SSSR count). The average molecular weight is 336 g/mol. The van der Waals surface area contributed by atoms with Crippen LogP contribution in [0.4, 0.5) is 0 Å². The SMILES string of the molecule is COC(=O)C[C@H](N)c1c(Br)ccc(C#N)c1O.Cl. The third-order valence-corrected chi connectivity index (χ3v) is 2.96. The van der Waals surface area contributed by atoms with Crippen LogP contribution in [0.1, 0.15) is 23.6 Å². The number of aromatic hydroxyl groups is 1. The van der Waals surface area contributed by atoms with Crippen molar-refractivity contribution >= 4 is 34.3 Å². The highest BCUT2D eigenvalue weighted by molar-refractivity contribution is 9.10. The largest absolute Gasteiger partial charge is 0.506 e. The maximum absolute atomic E-state index is 11.1. The van der Waals surface area contributed by atoms with Crippen LogP contribution in [-0.4, -0.2) is 18.2 Å². The molecule has 0 unspecified atom stereocenters. The van der Waals surface area contributed by atoms with Crippen LogP contribution in [0.5, 0.6) is 5.75 Å². The van der Waals surface area contributed by atoms with E-state index in [1.54, 1.807) is 6.07 Å². The van der Waals surface area contributed by atoms with Gasteiger partial charge in [-0.3, -0.25) is 4.79 Å². The maximum atomic E-state index is 11.1. The molecule has 18 heavy (non-hydrogen) atoms. The average Bonchev–Trinajstić information content (AvgIpc) is 2.29. The number of carbonyl (C=O) groups is 1. The van der Waals surface area contributed by atoms with Crippen molar-refractivity contribution in [1.82, 2.24) is 0 Å². The highest BCUT2D eigenvalue weighted by atomic mass is 79.9. The van der Waals surface area contributed by atoms with Crippen LogP contribution in [0.2, 0.25) is 0 Å². The summed E-state index contributed by atoms with van der Waals surface area (Å²) in [6.45, 7) is 0. The number of nitriles is 1. The quantitative estimate of drug-likeness (QED) is 0.824. The van der Waals surface area contributed by atoms with E-state index in [0.29, 0.717) is 10.0 Å². The third kappa shape index (κ3) is 3.60. The molecule has 7 heteroatoms. The number of benzene rings is 1. The normalized spacial score (nSPS) is 11.0. The van der Waals surface area contributed by atoms with Crippen LogP contribution in [0.3, 0.4) is 0 Å². The summed E-state index contributed by atoms with van der Waals surface area (Å²) < 4.78 is 5.04. The lowest BCUT2D eigenvalue weighted by molar-refractivity contribution is -0.141. The number of halogens is 2. The van der Waals surface area contributed by atoms with Crippen LogP contribution < -0.4 is 5.73 Å². The van der Waals surface area contributed by atoms with E-state index in [4.69, 9.17) is 11.0 Å². The van der Waals surface area contributed by atoms with Gasteiger partial charge in [-0.1, -0.05) is 15.9 Å². The summed E-state index contributed by atoms with van der Waals surface area (Å²) in [6, 6.07) is 4.18. The highest BCUT2D eigenvalue weighted by Crippen LogP contribution is 2.34. The topological polar surface area (TPSA) is 96.3 Å². The Balaban J connectivity index is 0.00000289. The van der Waals surface area contributed by atoms with Gasteiger partial charge in [-0.05, 0) is 12.1 Å². The first-order valence-corrected chi connectivity index (χ1v) is 5.54. The van der Waals surface area contributed by atoms with Crippen molar-refractivity contribution in [2.75, 3.05) is 7.11 Å². The van der Waals surface area contributed by atoms with Crippen molar-refractivity contribution in [3.05, 3.63) is 27.7 Å². The van der Waals surface area contributed by atoms with E-state index in [1.165, 1.54) is 13.2 Å². The van der Waals surface area contributed by atoms with Crippen LogP contribution >= 0.6 is 28.3 Å². The predicted molar refractivity (Wildman–Crippen MR) is 71.3 cm³/mol. The molecule has 0 aliphatic rings. The molecule has 0 saturated carbocycles. The summed E-state index contributed by atoms with van der Waals surface area (Å²) in [7, 11) is 1.26. The van der Waals surface area contributed by atoms with Gasteiger partial charge < -0.3 is 15.6 Å². The van der Waals surface area contributed by atoms with E-state index < -0.39 is 12.0 Å². The first kappa shape index (κ1) is 16.7. The number of nitrogens with zero attached hydrogens (tertiary/aromatic N) is 1. The molecule has 1 aromatic carbocycles. The number of ether oxygens (including phenoxy) is 1. The Bertz CT molecular complexity index is 488. The molecule has 0 aliphatic carbocycles. The molecule has 5 nitrogen and oxygen atoms in total. The van der Waals surface area contributed by atoms with Crippen LogP contribution in [0.25, 0.3) is 0 Å². The van der Waals surface area contributed by atoms with Crippen molar-refractivity contribution in [2.24, 2.45) is 5.73 Å². The zero-order valence-corrected chi connectivity index (χ0v) is 11.9. The number of rotatable bonds is 3. The monoisotopic (exact) mass is 334 g/mol. The van der Waals surface area contributed by atoms with Gasteiger partial charge in [0.25, 0.3) is 0 Å². The fourth-order valence-electron chi connectivity index (χ4n) is 1.39. The molecular weight excluding hydrogens is 323 g/mol. The van der Waals surface area contributed by atoms with Gasteiger partial charge in [-0.15, -0.1) is 12.4 Å². The minimum Gasteiger partial charge on any atom is -0.506 e. The second-order valence-corrected chi connectivity index (χ2v) is 4.21. The zero-order chi connectivity index (χ0) is 13.0. The van der Waals surface area contributed by atoms with Gasteiger partial charge in [0.2, 0.25) is 0 Å². The fourth-order valence-corrected chi connectivity index (χ4v) is 2.01. The van der Waals surface area contributed by atoms with Crippen molar-refractivity contribution in [3.8, 4) is 11.8 Å². The van der Waals surface area contributed by atoms with Crippen molar-refractivity contribution in [2.45, 2.75) is 12.5 Å². The molecule has 1 atom stereocenters. The highest BCUT2D eigenvalue weighted by Gasteiger charge is 2.20. The molecule has 0 saturated heterocycles. The van der Waals surface area contributed by atoms with Crippen molar-refractivity contribution < 1.29 is 14.6 Å². The lowest BCUT2D eigenvalue weighted by Crippen LogP contribution is -2.17. The van der Waals surface area contributed by atoms with Gasteiger partial charge in [-0.2, -0.15) is 5.26 Å². The van der Waals surface area contributed by atoms with Gasteiger partial charge in [-0.25, -0.2) is 0 Å². The molecule has 0 radical (unpaired) electrons. The number of methoxy groups -OCH3 is 1. The summed E-state index contributed by atoms with van der Waals surface area (Å²) in [5.41, 5.74) is 6.24. The summed E-state index contributed by atoms with van der Waals surface area (Å²) in [5.74, 6) is -0.690. The van der Waals surface area contributed by atoms with Crippen molar-refractivity contribution in [1.29, 1.82) is 5.26 Å². The van der Waals surface area contributed by atoms with Crippen LogP contribution in [0.15, 0.2) is 16.6 Å². The van der Waals surface area contributed by atoms with E-state index in [1.807, 2.05) is 6.07 Å². The Hall–Kier alpha value is -1.29. The van der Waals surface area contributed by atoms with Crippen LogP contribution in [0, 0.1) is 11.3 Å². The molecule has 0 spiro atoms. The Labute approximate surface area is 119 Å². The smallest absolute Gasteiger partial charge is 0.307 e. The number of phenolic OH excluding ortho intramolecular Hbond substituents is 1. The lowest BCUT2D eigenvalue weighted by atomic mass is 10.0. The molecule has 0 heterocycles. The lowest BCUT2D eigenvalue weighted by Gasteiger charge is -2.15. The number of nitrogens with two attached hydrogens (primary N) is 1. The number of hydrogen-bond donors (Lipinski definition) is 2. The second-order valence-electron chi connectivity index (χ2n) is 3.36. The summed E-state index contributed by atoms with van der Waals surface area (Å²) in [6.07, 6.45) is -0.0719. The van der Waals surface area contributed by atoms with Gasteiger partial charge >= 0.3 is 5.97 Å².